The molecule has 0 aliphatic carbocycles. The molecule has 1 heterocycles. The fraction of sp³-hybridized carbons (Fsp3) is 0.312. The minimum atomic E-state index is -0.153. The number of imidazole rings is 1. The number of hydrogen-bond acceptors (Lipinski definition) is 6. The molecule has 4 aromatic rings. The average Bonchev–Trinajstić information content (AvgIpc) is 3.34. The first-order valence-electron chi connectivity index (χ1n) is 13.4. The van der Waals surface area contributed by atoms with E-state index < -0.39 is 0 Å². The number of ether oxygens (including phenoxy) is 4. The number of benzene rings is 3. The Morgan fingerprint density at radius 2 is 1.68 bits per heavy atom. The predicted molar refractivity (Wildman–Crippen MR) is 157 cm³/mol. The lowest BCUT2D eigenvalue weighted by Gasteiger charge is -2.13. The van der Waals surface area contributed by atoms with Gasteiger partial charge in [-0.15, -0.1) is 6.58 Å². The summed E-state index contributed by atoms with van der Waals surface area (Å²) in [5, 5.41) is 2.99. The Bertz CT molecular complexity index is 1450. The van der Waals surface area contributed by atoms with Gasteiger partial charge < -0.3 is 28.8 Å². The highest BCUT2D eigenvalue weighted by Crippen LogP contribution is 2.29. The number of carbonyl (C=O) groups excluding carboxylic acids is 1. The molecule has 0 spiro atoms. The highest BCUT2D eigenvalue weighted by Gasteiger charge is 2.13. The Balaban J connectivity index is 1.33. The molecule has 0 fully saturated rings. The standard InChI is InChI=1S/C32H37N3O5/c1-5-10-23-14-16-28(29(21-23)38-3)40-20-9-19-35-26-12-7-6-11-25(26)34-31(35)13-8-18-33-32(36)24-15-17-27(37-2)30(22-24)39-4/h5-7,11-12,14-17,21-22H,1,8-10,13,18-20H2,2-4H3,(H,33,36). The van der Waals surface area contributed by atoms with Crippen LogP contribution in [0.2, 0.25) is 0 Å². The molecule has 0 radical (unpaired) electrons. The van der Waals surface area contributed by atoms with Crippen molar-refractivity contribution in [2.45, 2.75) is 32.2 Å². The summed E-state index contributed by atoms with van der Waals surface area (Å²) >= 11 is 0. The number of amides is 1. The lowest BCUT2D eigenvalue weighted by Crippen LogP contribution is -2.25. The monoisotopic (exact) mass is 543 g/mol. The third kappa shape index (κ3) is 6.94. The third-order valence-electron chi connectivity index (χ3n) is 6.63. The van der Waals surface area contributed by atoms with Crippen LogP contribution in [-0.2, 0) is 19.4 Å². The lowest BCUT2D eigenvalue weighted by molar-refractivity contribution is 0.0952. The van der Waals surface area contributed by atoms with Crippen molar-refractivity contribution in [2.75, 3.05) is 34.5 Å². The molecule has 0 atom stereocenters. The molecule has 3 aromatic carbocycles. The SMILES string of the molecule is C=CCc1ccc(OCCCn2c(CCCNC(=O)c3ccc(OC)c(OC)c3)nc3ccccc32)c(OC)c1. The first kappa shape index (κ1) is 28.5. The van der Waals surface area contributed by atoms with Crippen LogP contribution in [0.3, 0.4) is 0 Å². The van der Waals surface area contributed by atoms with E-state index in [0.29, 0.717) is 30.2 Å². The number of aryl methyl sites for hydroxylation is 2. The maximum Gasteiger partial charge on any atom is 0.251 e. The summed E-state index contributed by atoms with van der Waals surface area (Å²) in [7, 11) is 4.77. The molecule has 0 bridgehead atoms. The van der Waals surface area contributed by atoms with Crippen LogP contribution < -0.4 is 24.3 Å². The maximum absolute atomic E-state index is 12.7. The number of hydrogen-bond donors (Lipinski definition) is 1. The molecule has 1 amide bonds. The molecule has 0 saturated carbocycles. The van der Waals surface area contributed by atoms with E-state index in [-0.39, 0.29) is 5.91 Å². The summed E-state index contributed by atoms with van der Waals surface area (Å²) in [6.07, 6.45) is 4.95. The first-order chi connectivity index (χ1) is 19.6. The normalized spacial score (nSPS) is 10.8. The Morgan fingerprint density at radius 1 is 0.925 bits per heavy atom. The number of methoxy groups -OCH3 is 3. The summed E-state index contributed by atoms with van der Waals surface area (Å²) in [5.41, 5.74) is 3.72. The van der Waals surface area contributed by atoms with E-state index in [1.807, 2.05) is 42.5 Å². The van der Waals surface area contributed by atoms with Gasteiger partial charge in [-0.05, 0) is 67.3 Å². The van der Waals surface area contributed by atoms with E-state index in [4.69, 9.17) is 23.9 Å². The van der Waals surface area contributed by atoms with Crippen molar-refractivity contribution >= 4 is 16.9 Å². The highest BCUT2D eigenvalue weighted by atomic mass is 16.5. The molecule has 0 unspecified atom stereocenters. The summed E-state index contributed by atoms with van der Waals surface area (Å²) in [5.74, 6) is 3.41. The van der Waals surface area contributed by atoms with Gasteiger partial charge in [0.1, 0.15) is 5.82 Å². The zero-order valence-corrected chi connectivity index (χ0v) is 23.4. The van der Waals surface area contributed by atoms with Crippen molar-refractivity contribution in [3.05, 3.63) is 90.3 Å². The van der Waals surface area contributed by atoms with Gasteiger partial charge in [0.2, 0.25) is 0 Å². The van der Waals surface area contributed by atoms with Crippen molar-refractivity contribution in [1.29, 1.82) is 0 Å². The van der Waals surface area contributed by atoms with E-state index in [0.717, 1.165) is 66.1 Å². The second-order valence-corrected chi connectivity index (χ2v) is 9.28. The molecule has 210 valence electrons. The summed E-state index contributed by atoms with van der Waals surface area (Å²) < 4.78 is 24.4. The minimum absolute atomic E-state index is 0.153. The molecular weight excluding hydrogens is 506 g/mol. The maximum atomic E-state index is 12.7. The van der Waals surface area contributed by atoms with Crippen molar-refractivity contribution in [3.63, 3.8) is 0 Å². The second-order valence-electron chi connectivity index (χ2n) is 9.28. The number of rotatable bonds is 15. The van der Waals surface area contributed by atoms with E-state index >= 15 is 0 Å². The number of para-hydroxylation sites is 2. The van der Waals surface area contributed by atoms with Crippen LogP contribution in [0, 0.1) is 0 Å². The largest absolute Gasteiger partial charge is 0.493 e. The van der Waals surface area contributed by atoms with Gasteiger partial charge in [-0.25, -0.2) is 4.98 Å². The fourth-order valence-corrected chi connectivity index (χ4v) is 4.62. The summed E-state index contributed by atoms with van der Waals surface area (Å²) in [4.78, 5) is 17.5. The molecular formula is C32H37N3O5. The average molecular weight is 544 g/mol. The van der Waals surface area contributed by atoms with Crippen LogP contribution in [-0.4, -0.2) is 49.9 Å². The smallest absolute Gasteiger partial charge is 0.251 e. The van der Waals surface area contributed by atoms with Crippen LogP contribution in [0.1, 0.15) is 34.6 Å². The molecule has 1 aromatic heterocycles. The Hall–Kier alpha value is -4.46. The molecule has 0 aliphatic rings. The predicted octanol–water partition coefficient (Wildman–Crippen LogP) is 5.62. The van der Waals surface area contributed by atoms with Crippen molar-refractivity contribution < 1.29 is 23.7 Å². The number of carbonyl (C=O) groups is 1. The van der Waals surface area contributed by atoms with E-state index in [1.54, 1.807) is 39.5 Å². The van der Waals surface area contributed by atoms with Gasteiger partial charge in [0.05, 0.1) is 39.0 Å². The van der Waals surface area contributed by atoms with Gasteiger partial charge in [0.15, 0.2) is 23.0 Å². The van der Waals surface area contributed by atoms with Gasteiger partial charge >= 0.3 is 0 Å². The summed E-state index contributed by atoms with van der Waals surface area (Å²) in [6.45, 7) is 5.64. The Labute approximate surface area is 235 Å². The molecule has 8 heteroatoms. The number of allylic oxidation sites excluding steroid dienone is 1. The third-order valence-corrected chi connectivity index (χ3v) is 6.63. The van der Waals surface area contributed by atoms with Crippen LogP contribution in [0.4, 0.5) is 0 Å². The van der Waals surface area contributed by atoms with E-state index in [9.17, 15) is 4.79 Å². The van der Waals surface area contributed by atoms with Crippen molar-refractivity contribution in [1.82, 2.24) is 14.9 Å². The van der Waals surface area contributed by atoms with E-state index in [1.165, 1.54) is 0 Å². The Morgan fingerprint density at radius 3 is 2.45 bits per heavy atom. The first-order valence-corrected chi connectivity index (χ1v) is 13.4. The zero-order valence-electron chi connectivity index (χ0n) is 23.4. The van der Waals surface area contributed by atoms with Gasteiger partial charge in [-0.1, -0.05) is 24.3 Å². The highest BCUT2D eigenvalue weighted by molar-refractivity contribution is 5.94. The molecule has 4 rings (SSSR count). The number of nitrogens with one attached hydrogen (secondary N) is 1. The second kappa shape index (κ2) is 14.1. The molecule has 8 nitrogen and oxygen atoms in total. The summed E-state index contributed by atoms with van der Waals surface area (Å²) in [6, 6.07) is 19.3. The number of fused-ring (bicyclic) bond motifs is 1. The number of nitrogens with zero attached hydrogens (tertiary/aromatic N) is 2. The Kier molecular flexibility index (Phi) is 10.0. The quantitative estimate of drug-likeness (QED) is 0.155. The molecule has 0 aliphatic heterocycles. The van der Waals surface area contributed by atoms with Crippen LogP contribution in [0.15, 0.2) is 73.3 Å². The lowest BCUT2D eigenvalue weighted by atomic mass is 10.1. The van der Waals surface area contributed by atoms with Gasteiger partial charge in [-0.3, -0.25) is 4.79 Å². The van der Waals surface area contributed by atoms with Gasteiger partial charge in [0, 0.05) is 25.1 Å². The van der Waals surface area contributed by atoms with Crippen LogP contribution in [0.5, 0.6) is 23.0 Å². The number of aromatic nitrogens is 2. The molecule has 40 heavy (non-hydrogen) atoms. The molecule has 1 N–H and O–H groups in total. The van der Waals surface area contributed by atoms with Crippen LogP contribution in [0.25, 0.3) is 11.0 Å². The minimum Gasteiger partial charge on any atom is -0.493 e. The topological polar surface area (TPSA) is 83.8 Å². The molecule has 0 saturated heterocycles. The van der Waals surface area contributed by atoms with Crippen molar-refractivity contribution in [2.24, 2.45) is 0 Å². The van der Waals surface area contributed by atoms with Gasteiger partial charge in [0.25, 0.3) is 5.91 Å². The van der Waals surface area contributed by atoms with Crippen molar-refractivity contribution in [3.8, 4) is 23.0 Å². The van der Waals surface area contributed by atoms with Gasteiger partial charge in [-0.2, -0.15) is 0 Å². The van der Waals surface area contributed by atoms with Crippen LogP contribution >= 0.6 is 0 Å². The van der Waals surface area contributed by atoms with E-state index in [2.05, 4.69) is 22.5 Å². The zero-order chi connectivity index (χ0) is 28.3. The fourth-order valence-electron chi connectivity index (χ4n) is 4.62.